The van der Waals surface area contributed by atoms with Gasteiger partial charge in [0.2, 0.25) is 0 Å². The Morgan fingerprint density at radius 1 is 1.26 bits per heavy atom. The van der Waals surface area contributed by atoms with Crippen LogP contribution in [-0.2, 0) is 11.8 Å². The van der Waals surface area contributed by atoms with Crippen LogP contribution in [0.1, 0.15) is 6.92 Å². The minimum Gasteiger partial charge on any atom is -0.378 e. The number of nitrogens with zero attached hydrogens (tertiary/aromatic N) is 5. The van der Waals surface area contributed by atoms with Crippen LogP contribution >= 0.6 is 15.9 Å². The van der Waals surface area contributed by atoms with Crippen molar-refractivity contribution in [2.45, 2.75) is 19.0 Å². The van der Waals surface area contributed by atoms with Gasteiger partial charge in [0, 0.05) is 43.4 Å². The van der Waals surface area contributed by atoms with Crippen molar-refractivity contribution in [1.82, 2.24) is 19.4 Å². The fraction of sp³-hybridized carbons (Fsp3) is 0.500. The number of anilines is 3. The molecule has 0 spiro atoms. The zero-order valence-corrected chi connectivity index (χ0v) is 17.0. The Bertz CT molecular complexity index is 867. The highest BCUT2D eigenvalue weighted by Crippen LogP contribution is 2.22. The summed E-state index contributed by atoms with van der Waals surface area (Å²) in [4.78, 5) is 26.0. The van der Waals surface area contributed by atoms with Gasteiger partial charge in [-0.15, -0.1) is 0 Å². The highest BCUT2D eigenvalue weighted by Gasteiger charge is 2.32. The third kappa shape index (κ3) is 3.85. The summed E-state index contributed by atoms with van der Waals surface area (Å²) in [5.41, 5.74) is 0.340. The molecule has 2 aliphatic heterocycles. The lowest BCUT2D eigenvalue weighted by atomic mass is 10.1. The third-order valence-corrected chi connectivity index (χ3v) is 5.57. The minimum absolute atomic E-state index is 0.117. The molecule has 1 atom stereocenters. The number of hydrogen-bond acceptors (Lipinski definition) is 7. The molecule has 0 aromatic carbocycles. The molecular formula is C18H23BrN6O2. The lowest BCUT2D eigenvalue weighted by molar-refractivity contribution is -0.0692. The maximum atomic E-state index is 12.2. The first-order chi connectivity index (χ1) is 13.0. The second-order valence-corrected chi connectivity index (χ2v) is 8.02. The standard InChI is InChI=1S/C18H23BrN6O2/c1-12-8-24(14-10-27-11-14)3-4-25(12)17-7-20-16(6-21-17)22-15-5-13(19)9-23(2)18(15)26/h5-7,9,12,14H,3-4,8,10-11H2,1-2H3,(H,20,22). The van der Waals surface area contributed by atoms with Crippen LogP contribution in [0.3, 0.4) is 0 Å². The quantitative estimate of drug-likeness (QED) is 0.782. The van der Waals surface area contributed by atoms with E-state index in [0.717, 1.165) is 43.1 Å². The lowest BCUT2D eigenvalue weighted by Gasteiger charge is -2.46. The van der Waals surface area contributed by atoms with Crippen molar-refractivity contribution in [3.05, 3.63) is 39.5 Å². The Hall–Kier alpha value is -1.97. The van der Waals surface area contributed by atoms with Crippen LogP contribution in [0.15, 0.2) is 33.9 Å². The molecule has 4 rings (SSSR count). The van der Waals surface area contributed by atoms with Crippen molar-refractivity contribution in [1.29, 1.82) is 0 Å². The average molecular weight is 435 g/mol. The van der Waals surface area contributed by atoms with Crippen LogP contribution in [0.4, 0.5) is 17.3 Å². The Kier molecular flexibility index (Phi) is 5.16. The molecule has 0 saturated carbocycles. The molecule has 2 fully saturated rings. The van der Waals surface area contributed by atoms with Crippen molar-refractivity contribution >= 4 is 33.3 Å². The van der Waals surface area contributed by atoms with Crippen molar-refractivity contribution in [2.24, 2.45) is 7.05 Å². The highest BCUT2D eigenvalue weighted by atomic mass is 79.9. The van der Waals surface area contributed by atoms with Crippen molar-refractivity contribution in [3.63, 3.8) is 0 Å². The SMILES string of the molecule is CC1CN(C2COC2)CCN1c1cnc(Nc2cc(Br)cn(C)c2=O)cn1. The number of nitrogens with one attached hydrogen (secondary N) is 1. The largest absolute Gasteiger partial charge is 0.378 e. The van der Waals surface area contributed by atoms with E-state index in [1.165, 1.54) is 4.57 Å². The van der Waals surface area contributed by atoms with E-state index in [9.17, 15) is 4.79 Å². The molecule has 0 amide bonds. The molecule has 2 aromatic heterocycles. The van der Waals surface area contributed by atoms with E-state index >= 15 is 0 Å². The lowest BCUT2D eigenvalue weighted by Crippen LogP contribution is -2.59. The number of hydrogen-bond donors (Lipinski definition) is 1. The van der Waals surface area contributed by atoms with E-state index in [-0.39, 0.29) is 5.56 Å². The fourth-order valence-electron chi connectivity index (χ4n) is 3.52. The Balaban J connectivity index is 1.44. The molecule has 2 aliphatic rings. The van der Waals surface area contributed by atoms with Gasteiger partial charge in [0.1, 0.15) is 17.3 Å². The molecule has 27 heavy (non-hydrogen) atoms. The summed E-state index contributed by atoms with van der Waals surface area (Å²) in [7, 11) is 1.71. The maximum Gasteiger partial charge on any atom is 0.274 e. The van der Waals surface area contributed by atoms with E-state index in [4.69, 9.17) is 4.74 Å². The van der Waals surface area contributed by atoms with E-state index in [2.05, 4.69) is 47.9 Å². The van der Waals surface area contributed by atoms with Gasteiger partial charge >= 0.3 is 0 Å². The molecule has 2 saturated heterocycles. The zero-order chi connectivity index (χ0) is 19.0. The number of rotatable bonds is 4. The Morgan fingerprint density at radius 3 is 2.70 bits per heavy atom. The summed E-state index contributed by atoms with van der Waals surface area (Å²) >= 11 is 3.40. The monoisotopic (exact) mass is 434 g/mol. The summed E-state index contributed by atoms with van der Waals surface area (Å²) in [6.07, 6.45) is 5.16. The Labute approximate surface area is 166 Å². The van der Waals surface area contributed by atoms with Gasteiger partial charge in [0.25, 0.3) is 5.56 Å². The molecule has 2 aromatic rings. The van der Waals surface area contributed by atoms with Crippen molar-refractivity contribution < 1.29 is 4.74 Å². The van der Waals surface area contributed by atoms with Gasteiger partial charge in [-0.3, -0.25) is 9.69 Å². The molecule has 8 nitrogen and oxygen atoms in total. The predicted molar refractivity (Wildman–Crippen MR) is 108 cm³/mol. The number of ether oxygens (including phenoxy) is 1. The van der Waals surface area contributed by atoms with Gasteiger partial charge in [0.05, 0.1) is 31.6 Å². The normalized spacial score (nSPS) is 21.1. The minimum atomic E-state index is -0.117. The molecule has 4 heterocycles. The van der Waals surface area contributed by atoms with Gasteiger partial charge in [-0.2, -0.15) is 0 Å². The first kappa shape index (κ1) is 18.4. The van der Waals surface area contributed by atoms with E-state index in [1.54, 1.807) is 31.7 Å². The topological polar surface area (TPSA) is 75.5 Å². The zero-order valence-electron chi connectivity index (χ0n) is 15.4. The van der Waals surface area contributed by atoms with Crippen LogP contribution in [0.2, 0.25) is 0 Å². The smallest absolute Gasteiger partial charge is 0.274 e. The molecule has 0 aliphatic carbocycles. The molecule has 1 unspecified atom stereocenters. The second kappa shape index (κ2) is 7.57. The van der Waals surface area contributed by atoms with Crippen LogP contribution in [0.25, 0.3) is 0 Å². The number of aromatic nitrogens is 3. The van der Waals surface area contributed by atoms with Crippen LogP contribution in [0, 0.1) is 0 Å². The van der Waals surface area contributed by atoms with Gasteiger partial charge < -0.3 is 19.5 Å². The summed E-state index contributed by atoms with van der Waals surface area (Å²) in [6.45, 7) is 6.85. The van der Waals surface area contributed by atoms with Gasteiger partial charge in [-0.25, -0.2) is 9.97 Å². The van der Waals surface area contributed by atoms with Crippen LogP contribution in [0.5, 0.6) is 0 Å². The highest BCUT2D eigenvalue weighted by molar-refractivity contribution is 9.10. The van der Waals surface area contributed by atoms with Gasteiger partial charge in [-0.1, -0.05) is 0 Å². The van der Waals surface area contributed by atoms with Crippen LogP contribution in [-0.4, -0.2) is 64.4 Å². The molecule has 9 heteroatoms. The Morgan fingerprint density at radius 2 is 2.07 bits per heavy atom. The van der Waals surface area contributed by atoms with Crippen molar-refractivity contribution in [3.8, 4) is 0 Å². The molecular weight excluding hydrogens is 412 g/mol. The average Bonchev–Trinajstić information content (AvgIpc) is 2.59. The van der Waals surface area contributed by atoms with Gasteiger partial charge in [0.15, 0.2) is 0 Å². The fourth-order valence-corrected chi connectivity index (χ4v) is 4.06. The second-order valence-electron chi connectivity index (χ2n) is 7.10. The summed E-state index contributed by atoms with van der Waals surface area (Å²) in [5, 5.41) is 3.05. The van der Waals surface area contributed by atoms with Crippen LogP contribution < -0.4 is 15.8 Å². The maximum absolute atomic E-state index is 12.2. The number of pyridine rings is 1. The third-order valence-electron chi connectivity index (χ3n) is 5.14. The summed E-state index contributed by atoms with van der Waals surface area (Å²) in [6, 6.07) is 2.67. The first-order valence-corrected chi connectivity index (χ1v) is 9.84. The first-order valence-electron chi connectivity index (χ1n) is 9.05. The van der Waals surface area contributed by atoms with Crippen molar-refractivity contribution in [2.75, 3.05) is 43.1 Å². The van der Waals surface area contributed by atoms with E-state index in [1.807, 2.05) is 0 Å². The number of aryl methyl sites for hydroxylation is 1. The molecule has 0 bridgehead atoms. The molecule has 144 valence electrons. The van der Waals surface area contributed by atoms with E-state index in [0.29, 0.717) is 23.6 Å². The van der Waals surface area contributed by atoms with E-state index < -0.39 is 0 Å². The number of piperazine rings is 1. The predicted octanol–water partition coefficient (Wildman–Crippen LogP) is 1.59. The van der Waals surface area contributed by atoms with Gasteiger partial charge in [-0.05, 0) is 28.9 Å². The molecule has 0 radical (unpaired) electrons. The molecule has 1 N–H and O–H groups in total. The summed E-state index contributed by atoms with van der Waals surface area (Å²) < 4.78 is 7.64. The summed E-state index contributed by atoms with van der Waals surface area (Å²) in [5.74, 6) is 1.41. The number of halogens is 1.